The van der Waals surface area contributed by atoms with Crippen molar-refractivity contribution >= 4 is 17.7 Å². The van der Waals surface area contributed by atoms with Gasteiger partial charge in [0.25, 0.3) is 0 Å². The third-order valence-corrected chi connectivity index (χ3v) is 4.56. The highest BCUT2D eigenvalue weighted by Gasteiger charge is 2.39. The molecule has 0 N–H and O–H groups in total. The predicted octanol–water partition coefficient (Wildman–Crippen LogP) is 3.16. The van der Waals surface area contributed by atoms with Crippen LogP contribution in [0.1, 0.15) is 51.6 Å². The normalized spacial score (nSPS) is 19.1. The van der Waals surface area contributed by atoms with Crippen molar-refractivity contribution in [3.8, 4) is 0 Å². The maximum atomic E-state index is 12.7. The van der Waals surface area contributed by atoms with Crippen LogP contribution in [-0.2, 0) is 28.6 Å². The highest BCUT2D eigenvalue weighted by atomic mass is 16.5. The van der Waals surface area contributed by atoms with Gasteiger partial charge in [0.05, 0.1) is 31.9 Å². The number of benzene rings is 1. The largest absolute Gasteiger partial charge is 0.463 e. The number of carbonyl (C=O) groups is 3. The van der Waals surface area contributed by atoms with Gasteiger partial charge >= 0.3 is 11.9 Å². The van der Waals surface area contributed by atoms with Gasteiger partial charge in [0.1, 0.15) is 17.7 Å². The summed E-state index contributed by atoms with van der Waals surface area (Å²) < 4.78 is 16.2. The molecule has 2 atom stereocenters. The van der Waals surface area contributed by atoms with Gasteiger partial charge in [-0.2, -0.15) is 0 Å². The minimum atomic E-state index is -0.614. The van der Waals surface area contributed by atoms with Crippen LogP contribution in [0.3, 0.4) is 0 Å². The van der Waals surface area contributed by atoms with Gasteiger partial charge in [0.15, 0.2) is 0 Å². The number of rotatable bonds is 10. The molecule has 2 rings (SSSR count). The molecule has 1 aromatic rings. The van der Waals surface area contributed by atoms with Gasteiger partial charge < -0.3 is 23.9 Å². The first-order chi connectivity index (χ1) is 14.0. The number of hydrogen-bond acceptors (Lipinski definition) is 7. The topological polar surface area (TPSA) is 82.1 Å². The Kier molecular flexibility index (Phi) is 8.86. The number of hydrogen-bond donors (Lipinski definition) is 0. The molecule has 0 radical (unpaired) electrons. The Balaban J connectivity index is 2.39. The van der Waals surface area contributed by atoms with E-state index < -0.39 is 18.2 Å². The molecule has 1 unspecified atom stereocenters. The Morgan fingerprint density at radius 3 is 2.45 bits per heavy atom. The van der Waals surface area contributed by atoms with Crippen molar-refractivity contribution in [3.63, 3.8) is 0 Å². The van der Waals surface area contributed by atoms with Crippen molar-refractivity contribution in [2.24, 2.45) is 0 Å². The third-order valence-electron chi connectivity index (χ3n) is 4.56. The lowest BCUT2D eigenvalue weighted by Gasteiger charge is -2.31. The summed E-state index contributed by atoms with van der Waals surface area (Å²) in [6, 6.07) is 9.38. The van der Waals surface area contributed by atoms with Crippen LogP contribution in [0.5, 0.6) is 0 Å². The van der Waals surface area contributed by atoms with Gasteiger partial charge in [-0.25, -0.2) is 9.59 Å². The summed E-state index contributed by atoms with van der Waals surface area (Å²) in [5, 5.41) is 0. The van der Waals surface area contributed by atoms with Crippen molar-refractivity contribution in [2.75, 3.05) is 19.8 Å². The van der Waals surface area contributed by atoms with E-state index in [9.17, 15) is 14.4 Å². The van der Waals surface area contributed by atoms with E-state index in [4.69, 9.17) is 14.2 Å². The summed E-state index contributed by atoms with van der Waals surface area (Å²) in [5.74, 6) is -1.12. The second-order valence-corrected chi connectivity index (χ2v) is 6.72. The molecule has 1 heterocycles. The Labute approximate surface area is 171 Å². The number of Topliss-reactive ketones (excluding diaryl/α,β-unsaturated/α-hetero) is 1. The van der Waals surface area contributed by atoms with Crippen LogP contribution >= 0.6 is 0 Å². The zero-order chi connectivity index (χ0) is 21.2. The van der Waals surface area contributed by atoms with E-state index in [0.717, 1.165) is 5.56 Å². The number of ether oxygens (including phenoxy) is 3. The lowest BCUT2D eigenvalue weighted by Crippen LogP contribution is -2.36. The lowest BCUT2D eigenvalue weighted by molar-refractivity contribution is -0.143. The molecule has 0 aliphatic carbocycles. The second kappa shape index (κ2) is 11.4. The molecule has 7 nitrogen and oxygen atoms in total. The van der Waals surface area contributed by atoms with E-state index in [1.165, 1.54) is 6.08 Å². The fraction of sp³-hybridized carbons (Fsp3) is 0.500. The predicted molar refractivity (Wildman–Crippen MR) is 107 cm³/mol. The van der Waals surface area contributed by atoms with Crippen molar-refractivity contribution in [1.82, 2.24) is 4.90 Å². The summed E-state index contributed by atoms with van der Waals surface area (Å²) in [5.41, 5.74) is 1.06. The number of nitrogens with zero attached hydrogens (tertiary/aromatic N) is 1. The summed E-state index contributed by atoms with van der Waals surface area (Å²) in [6.45, 7) is 5.69. The average molecular weight is 403 g/mol. The van der Waals surface area contributed by atoms with Crippen LogP contribution in [0.25, 0.3) is 0 Å². The van der Waals surface area contributed by atoms with Crippen molar-refractivity contribution in [3.05, 3.63) is 47.7 Å². The van der Waals surface area contributed by atoms with E-state index in [2.05, 4.69) is 0 Å². The maximum Gasteiger partial charge on any atom is 0.354 e. The molecule has 0 bridgehead atoms. The Morgan fingerprint density at radius 2 is 1.83 bits per heavy atom. The number of esters is 2. The van der Waals surface area contributed by atoms with E-state index >= 15 is 0 Å². The SMILES string of the molecule is CCOC(=O)/C=C(/C(=O)OCC)N1C(CCCC(C)=O)OC[C@H]1c1ccccc1. The van der Waals surface area contributed by atoms with Gasteiger partial charge in [0.2, 0.25) is 0 Å². The molecule has 0 amide bonds. The Hall–Kier alpha value is -2.67. The van der Waals surface area contributed by atoms with Gasteiger partial charge in [-0.15, -0.1) is 0 Å². The van der Waals surface area contributed by atoms with Gasteiger partial charge in [-0.05, 0) is 39.2 Å². The van der Waals surface area contributed by atoms with E-state index in [1.54, 1.807) is 25.7 Å². The number of carbonyl (C=O) groups excluding carboxylic acids is 3. The van der Waals surface area contributed by atoms with E-state index in [1.807, 2.05) is 30.3 Å². The molecular weight excluding hydrogens is 374 g/mol. The van der Waals surface area contributed by atoms with Gasteiger partial charge in [-0.3, -0.25) is 0 Å². The quantitative estimate of drug-likeness (QED) is 0.438. The maximum absolute atomic E-state index is 12.7. The van der Waals surface area contributed by atoms with Crippen LogP contribution in [0.2, 0.25) is 0 Å². The van der Waals surface area contributed by atoms with Crippen molar-refractivity contribution in [1.29, 1.82) is 0 Å². The molecule has 29 heavy (non-hydrogen) atoms. The van der Waals surface area contributed by atoms with Crippen LogP contribution < -0.4 is 0 Å². The molecule has 1 aliphatic rings. The molecule has 0 spiro atoms. The van der Waals surface area contributed by atoms with Gasteiger partial charge in [-0.1, -0.05) is 30.3 Å². The van der Waals surface area contributed by atoms with Crippen LogP contribution in [0, 0.1) is 0 Å². The average Bonchev–Trinajstić information content (AvgIpc) is 3.10. The first kappa shape index (κ1) is 22.6. The monoisotopic (exact) mass is 403 g/mol. The minimum Gasteiger partial charge on any atom is -0.463 e. The lowest BCUT2D eigenvalue weighted by atomic mass is 10.0. The smallest absolute Gasteiger partial charge is 0.354 e. The summed E-state index contributed by atoms with van der Waals surface area (Å²) in [7, 11) is 0. The molecular formula is C22H29NO6. The van der Waals surface area contributed by atoms with Crippen LogP contribution in [-0.4, -0.2) is 48.7 Å². The minimum absolute atomic E-state index is 0.0989. The molecule has 1 aliphatic heterocycles. The fourth-order valence-corrected chi connectivity index (χ4v) is 3.31. The summed E-state index contributed by atoms with van der Waals surface area (Å²) >= 11 is 0. The molecule has 1 aromatic carbocycles. The van der Waals surface area contributed by atoms with Crippen molar-refractivity contribution in [2.45, 2.75) is 52.3 Å². The Bertz CT molecular complexity index is 730. The molecule has 7 heteroatoms. The molecule has 1 saturated heterocycles. The van der Waals surface area contributed by atoms with Crippen LogP contribution in [0.4, 0.5) is 0 Å². The Morgan fingerprint density at radius 1 is 1.14 bits per heavy atom. The van der Waals surface area contributed by atoms with Crippen LogP contribution in [0.15, 0.2) is 42.1 Å². The first-order valence-corrected chi connectivity index (χ1v) is 9.97. The van der Waals surface area contributed by atoms with E-state index in [0.29, 0.717) is 25.9 Å². The summed E-state index contributed by atoms with van der Waals surface area (Å²) in [4.78, 5) is 38.0. The molecule has 0 aromatic heterocycles. The standard InChI is InChI=1S/C22H29NO6/c1-4-27-21(25)14-18(22(26)28-5-2)23-19(17-11-7-6-8-12-17)15-29-20(23)13-9-10-16(3)24/h6-8,11-12,14,19-20H,4-5,9-10,13,15H2,1-3H3/b18-14-/t19-,20?/m0/s1. The molecule has 1 fully saturated rings. The molecule has 0 saturated carbocycles. The highest BCUT2D eigenvalue weighted by Crippen LogP contribution is 2.36. The third kappa shape index (κ3) is 6.42. The summed E-state index contributed by atoms with van der Waals surface area (Å²) in [6.07, 6.45) is 2.31. The highest BCUT2D eigenvalue weighted by molar-refractivity contribution is 5.96. The zero-order valence-electron chi connectivity index (χ0n) is 17.3. The van der Waals surface area contributed by atoms with E-state index in [-0.39, 0.29) is 30.7 Å². The second-order valence-electron chi connectivity index (χ2n) is 6.72. The fourth-order valence-electron chi connectivity index (χ4n) is 3.31. The molecule has 158 valence electrons. The number of ketones is 1. The first-order valence-electron chi connectivity index (χ1n) is 9.97. The van der Waals surface area contributed by atoms with Crippen molar-refractivity contribution < 1.29 is 28.6 Å². The van der Waals surface area contributed by atoms with Gasteiger partial charge in [0, 0.05) is 6.42 Å². The zero-order valence-corrected chi connectivity index (χ0v) is 17.3.